The van der Waals surface area contributed by atoms with E-state index in [1.165, 1.54) is 18.2 Å². The molecule has 33 heavy (non-hydrogen) atoms. The molecule has 1 fully saturated rings. The fraction of sp³-hybridized carbons (Fsp3) is 0.269. The molecule has 2 atom stereocenters. The van der Waals surface area contributed by atoms with Gasteiger partial charge in [0, 0.05) is 24.2 Å². The third-order valence-electron chi connectivity index (χ3n) is 7.61. The lowest BCUT2D eigenvalue weighted by molar-refractivity contribution is 0.243. The van der Waals surface area contributed by atoms with E-state index in [4.69, 9.17) is 4.98 Å². The Morgan fingerprint density at radius 2 is 1.79 bits per heavy atom. The summed E-state index contributed by atoms with van der Waals surface area (Å²) in [7, 11) is 0. The van der Waals surface area contributed by atoms with Crippen molar-refractivity contribution >= 4 is 0 Å². The summed E-state index contributed by atoms with van der Waals surface area (Å²) in [6.07, 6.45) is 7.06. The Bertz CT molecular complexity index is 1370. The maximum atomic E-state index is 14.4. The minimum Gasteiger partial charge on any atom is -0.264 e. The Morgan fingerprint density at radius 1 is 0.970 bits per heavy atom. The molecule has 2 bridgehead atoms. The summed E-state index contributed by atoms with van der Waals surface area (Å²) in [6.45, 7) is 4.45. The predicted octanol–water partition coefficient (Wildman–Crippen LogP) is 5.48. The Morgan fingerprint density at radius 3 is 2.55 bits per heavy atom. The minimum atomic E-state index is -0.640. The van der Waals surface area contributed by atoms with Gasteiger partial charge < -0.3 is 0 Å². The van der Waals surface area contributed by atoms with Crippen LogP contribution in [0, 0.1) is 17.0 Å². The Kier molecular flexibility index (Phi) is 4.21. The second-order valence-electron chi connectivity index (χ2n) is 9.36. The van der Waals surface area contributed by atoms with E-state index in [0.717, 1.165) is 35.4 Å². The summed E-state index contributed by atoms with van der Waals surface area (Å²) in [6, 6.07) is 11.4. The van der Waals surface area contributed by atoms with Crippen molar-refractivity contribution in [3.8, 4) is 22.6 Å². The maximum Gasteiger partial charge on any atom is 0.160 e. The molecule has 0 unspecified atom stereocenters. The summed E-state index contributed by atoms with van der Waals surface area (Å²) in [5.41, 5.74) is 3.02. The number of pyridine rings is 1. The number of rotatable bonds is 3. The molecule has 0 saturated heterocycles. The van der Waals surface area contributed by atoms with Crippen LogP contribution < -0.4 is 0 Å². The summed E-state index contributed by atoms with van der Waals surface area (Å²) >= 11 is 0. The van der Waals surface area contributed by atoms with Crippen molar-refractivity contribution in [1.82, 2.24) is 25.1 Å². The molecule has 2 aliphatic rings. The number of halogens is 2. The van der Waals surface area contributed by atoms with Gasteiger partial charge >= 0.3 is 0 Å². The minimum absolute atomic E-state index is 0.136. The van der Waals surface area contributed by atoms with Crippen LogP contribution in [0.15, 0.2) is 61.1 Å². The number of hydrogen-bond donors (Lipinski definition) is 0. The van der Waals surface area contributed by atoms with E-state index < -0.39 is 17.0 Å². The van der Waals surface area contributed by atoms with Crippen LogP contribution in [0.5, 0.6) is 0 Å². The molecule has 0 spiro atoms. The van der Waals surface area contributed by atoms with Gasteiger partial charge in [-0.05, 0) is 66.1 Å². The second kappa shape index (κ2) is 6.94. The standard InChI is InChI=1S/C26H21F2N5/c1-25(2)17-8-10-26(25,21-9-12-30-24(31-21)15-5-4-11-29-14-15)23-16(17)13-20(32-33-23)22-18(27)6-3-7-19(22)28/h3-7,9,11-14,17H,8,10H2,1-2H3/t17-,26-/m0/s1. The number of aromatic nitrogens is 5. The first-order chi connectivity index (χ1) is 15.9. The molecule has 0 N–H and O–H groups in total. The predicted molar refractivity (Wildman–Crippen MR) is 119 cm³/mol. The van der Waals surface area contributed by atoms with Crippen molar-refractivity contribution in [1.29, 1.82) is 0 Å². The van der Waals surface area contributed by atoms with E-state index in [0.29, 0.717) is 5.82 Å². The monoisotopic (exact) mass is 441 g/mol. The van der Waals surface area contributed by atoms with Gasteiger partial charge in [-0.2, -0.15) is 5.10 Å². The van der Waals surface area contributed by atoms with Crippen LogP contribution in [0.4, 0.5) is 8.78 Å². The van der Waals surface area contributed by atoms with E-state index in [2.05, 4.69) is 34.0 Å². The molecule has 0 radical (unpaired) electrons. The molecular formula is C26H21F2N5. The summed E-state index contributed by atoms with van der Waals surface area (Å²) in [5.74, 6) is -0.481. The molecule has 164 valence electrons. The number of benzene rings is 1. The van der Waals surface area contributed by atoms with Crippen molar-refractivity contribution < 1.29 is 8.78 Å². The van der Waals surface area contributed by atoms with E-state index in [9.17, 15) is 8.78 Å². The number of fused-ring (bicyclic) bond motifs is 5. The highest BCUT2D eigenvalue weighted by Crippen LogP contribution is 2.69. The third-order valence-corrected chi connectivity index (χ3v) is 7.61. The molecule has 3 aromatic heterocycles. The summed E-state index contributed by atoms with van der Waals surface area (Å²) < 4.78 is 28.9. The van der Waals surface area contributed by atoms with Crippen molar-refractivity contribution in [2.75, 3.05) is 0 Å². The lowest BCUT2D eigenvalue weighted by Gasteiger charge is -2.37. The zero-order valence-electron chi connectivity index (χ0n) is 18.3. The van der Waals surface area contributed by atoms with Gasteiger partial charge in [-0.25, -0.2) is 18.7 Å². The average molecular weight is 441 g/mol. The van der Waals surface area contributed by atoms with Gasteiger partial charge in [-0.3, -0.25) is 4.98 Å². The molecule has 4 aromatic rings. The van der Waals surface area contributed by atoms with Gasteiger partial charge in [0.15, 0.2) is 5.82 Å². The largest absolute Gasteiger partial charge is 0.264 e. The Labute approximate surface area is 190 Å². The van der Waals surface area contributed by atoms with Crippen LogP contribution in [0.2, 0.25) is 0 Å². The van der Waals surface area contributed by atoms with E-state index in [1.54, 1.807) is 18.6 Å². The van der Waals surface area contributed by atoms with Gasteiger partial charge in [0.25, 0.3) is 0 Å². The number of hydrogen-bond acceptors (Lipinski definition) is 5. The SMILES string of the molecule is CC1(C)[C@H]2CC[C@]1(c1ccnc(-c3cccnc3)n1)c1nnc(-c3c(F)cccc3F)cc12. The smallest absolute Gasteiger partial charge is 0.160 e. The molecule has 7 heteroatoms. The quantitative estimate of drug-likeness (QED) is 0.421. The van der Waals surface area contributed by atoms with Gasteiger partial charge in [0.05, 0.1) is 28.1 Å². The summed E-state index contributed by atoms with van der Waals surface area (Å²) in [4.78, 5) is 13.6. The second-order valence-corrected chi connectivity index (χ2v) is 9.36. The molecule has 2 aliphatic carbocycles. The highest BCUT2D eigenvalue weighted by atomic mass is 19.1. The lowest BCUT2D eigenvalue weighted by Crippen LogP contribution is -2.38. The van der Waals surface area contributed by atoms with E-state index >= 15 is 0 Å². The van der Waals surface area contributed by atoms with Crippen molar-refractivity contribution in [2.24, 2.45) is 5.41 Å². The molecule has 0 aliphatic heterocycles. The van der Waals surface area contributed by atoms with Gasteiger partial charge in [0.1, 0.15) is 11.6 Å². The summed E-state index contributed by atoms with van der Waals surface area (Å²) in [5, 5.41) is 8.89. The maximum absolute atomic E-state index is 14.4. The van der Waals surface area contributed by atoms with E-state index in [-0.39, 0.29) is 22.6 Å². The molecule has 6 rings (SSSR count). The van der Waals surface area contributed by atoms with Crippen LogP contribution in [0.3, 0.4) is 0 Å². The van der Waals surface area contributed by atoms with Gasteiger partial charge in [-0.1, -0.05) is 19.9 Å². The van der Waals surface area contributed by atoms with Crippen molar-refractivity contribution in [3.63, 3.8) is 0 Å². The van der Waals surface area contributed by atoms with Crippen molar-refractivity contribution in [2.45, 2.75) is 38.0 Å². The first-order valence-corrected chi connectivity index (χ1v) is 11.0. The van der Waals surface area contributed by atoms with Crippen molar-refractivity contribution in [3.05, 3.63) is 89.6 Å². The third kappa shape index (κ3) is 2.65. The normalized spacial score (nSPS) is 22.4. The molecule has 1 saturated carbocycles. The molecule has 5 nitrogen and oxygen atoms in total. The van der Waals surface area contributed by atoms with E-state index in [1.807, 2.05) is 24.3 Å². The first-order valence-electron chi connectivity index (χ1n) is 11.0. The highest BCUT2D eigenvalue weighted by molar-refractivity contribution is 5.64. The van der Waals surface area contributed by atoms with Crippen LogP contribution in [-0.2, 0) is 5.41 Å². The Balaban J connectivity index is 1.53. The lowest BCUT2D eigenvalue weighted by atomic mass is 9.66. The van der Waals surface area contributed by atoms with Crippen LogP contribution >= 0.6 is 0 Å². The van der Waals surface area contributed by atoms with Gasteiger partial charge in [-0.15, -0.1) is 5.10 Å². The van der Waals surface area contributed by atoms with Crippen LogP contribution in [0.1, 0.15) is 49.6 Å². The fourth-order valence-electron chi connectivity index (χ4n) is 5.99. The fourth-order valence-corrected chi connectivity index (χ4v) is 5.99. The van der Waals surface area contributed by atoms with Crippen LogP contribution in [0.25, 0.3) is 22.6 Å². The first kappa shape index (κ1) is 20.0. The van der Waals surface area contributed by atoms with Gasteiger partial charge in [0.2, 0.25) is 0 Å². The highest BCUT2D eigenvalue weighted by Gasteiger charge is 2.65. The zero-order chi connectivity index (χ0) is 22.8. The molecule has 3 heterocycles. The van der Waals surface area contributed by atoms with Crippen LogP contribution in [-0.4, -0.2) is 25.1 Å². The molecule has 1 aromatic carbocycles. The topological polar surface area (TPSA) is 64.5 Å². The Hall–Kier alpha value is -3.61. The zero-order valence-corrected chi connectivity index (χ0v) is 18.3. The average Bonchev–Trinajstić information content (AvgIpc) is 3.21. The molecular weight excluding hydrogens is 420 g/mol. The molecule has 0 amide bonds. The number of nitrogens with zero attached hydrogens (tertiary/aromatic N) is 5.